The molecule has 154 valence electrons. The summed E-state index contributed by atoms with van der Waals surface area (Å²) in [6.07, 6.45) is 0.760. The summed E-state index contributed by atoms with van der Waals surface area (Å²) in [7, 11) is 0. The van der Waals surface area contributed by atoms with Gasteiger partial charge in [0.2, 0.25) is 5.95 Å². The van der Waals surface area contributed by atoms with Crippen molar-refractivity contribution in [1.29, 1.82) is 0 Å². The molecule has 0 spiro atoms. The van der Waals surface area contributed by atoms with Gasteiger partial charge in [0, 0.05) is 29.3 Å². The van der Waals surface area contributed by atoms with E-state index in [1.807, 2.05) is 0 Å². The molecule has 0 aliphatic carbocycles. The van der Waals surface area contributed by atoms with Crippen LogP contribution in [0.3, 0.4) is 0 Å². The summed E-state index contributed by atoms with van der Waals surface area (Å²) >= 11 is 0. The minimum atomic E-state index is -1.63. The Morgan fingerprint density at radius 3 is 2.90 bits per heavy atom. The third-order valence-corrected chi connectivity index (χ3v) is 5.84. The number of aliphatic hydroxyl groups is 1. The maximum absolute atomic E-state index is 13.2. The molecule has 0 radical (unpaired) electrons. The molecule has 0 saturated carbocycles. The fraction of sp³-hybridized carbons (Fsp3) is 0.286. The van der Waals surface area contributed by atoms with Gasteiger partial charge in [-0.3, -0.25) is 10.1 Å². The second-order valence-electron chi connectivity index (χ2n) is 7.67. The molecule has 9 heteroatoms. The summed E-state index contributed by atoms with van der Waals surface area (Å²) in [5.41, 5.74) is 1.01. The fourth-order valence-electron chi connectivity index (χ4n) is 4.46. The van der Waals surface area contributed by atoms with Crippen LogP contribution in [-0.2, 0) is 5.72 Å². The Morgan fingerprint density at radius 1 is 1.30 bits per heavy atom. The molecular weight excluding hydrogens is 386 g/mol. The highest BCUT2D eigenvalue weighted by Gasteiger charge is 2.50. The van der Waals surface area contributed by atoms with Crippen molar-refractivity contribution in [3.63, 3.8) is 0 Å². The maximum atomic E-state index is 13.2. The minimum absolute atomic E-state index is 0.0940. The molecule has 3 heterocycles. The zero-order valence-electron chi connectivity index (χ0n) is 16.1. The number of anilines is 1. The minimum Gasteiger partial charge on any atom is -0.465 e. The lowest BCUT2D eigenvalue weighted by Crippen LogP contribution is -2.49. The van der Waals surface area contributed by atoms with E-state index in [0.29, 0.717) is 34.3 Å². The van der Waals surface area contributed by atoms with Crippen molar-refractivity contribution in [2.45, 2.75) is 24.6 Å². The number of amides is 2. The molecule has 1 saturated heterocycles. The van der Waals surface area contributed by atoms with Crippen LogP contribution >= 0.6 is 0 Å². The third kappa shape index (κ3) is 2.82. The highest BCUT2D eigenvalue weighted by atomic mass is 16.4. The predicted molar refractivity (Wildman–Crippen MR) is 109 cm³/mol. The summed E-state index contributed by atoms with van der Waals surface area (Å²) in [6, 6.07) is 12.3. The third-order valence-electron chi connectivity index (χ3n) is 5.84. The van der Waals surface area contributed by atoms with Crippen molar-refractivity contribution >= 4 is 29.0 Å². The number of aromatic nitrogens is 2. The molecule has 1 aromatic heterocycles. The van der Waals surface area contributed by atoms with E-state index in [-0.39, 0.29) is 17.9 Å². The number of hydrogen-bond donors (Lipinski definition) is 5. The maximum Gasteiger partial charge on any atom is 0.411 e. The quantitative estimate of drug-likeness (QED) is 0.450. The van der Waals surface area contributed by atoms with Crippen molar-refractivity contribution in [2.75, 3.05) is 18.4 Å². The predicted octanol–water partition coefficient (Wildman–Crippen LogP) is 2.05. The Kier molecular flexibility index (Phi) is 4.23. The Balaban J connectivity index is 1.61. The zero-order valence-corrected chi connectivity index (χ0v) is 16.1. The summed E-state index contributed by atoms with van der Waals surface area (Å²) in [5.74, 6) is -0.115. The number of imidazole rings is 1. The van der Waals surface area contributed by atoms with Crippen molar-refractivity contribution in [1.82, 2.24) is 20.2 Å². The normalized spacial score (nSPS) is 23.2. The highest BCUT2D eigenvalue weighted by Crippen LogP contribution is 2.43. The molecule has 2 unspecified atom stereocenters. The van der Waals surface area contributed by atoms with E-state index >= 15 is 0 Å². The van der Waals surface area contributed by atoms with E-state index in [2.05, 4.69) is 20.6 Å². The van der Waals surface area contributed by atoms with E-state index in [4.69, 9.17) is 5.11 Å². The summed E-state index contributed by atoms with van der Waals surface area (Å²) < 4.78 is 0. The lowest BCUT2D eigenvalue weighted by molar-refractivity contribution is -0.0527. The number of H-pyrrole nitrogens is 1. The molecule has 2 aromatic carbocycles. The molecule has 5 N–H and O–H groups in total. The smallest absolute Gasteiger partial charge is 0.411 e. The van der Waals surface area contributed by atoms with Crippen LogP contribution < -0.4 is 10.6 Å². The molecule has 2 aliphatic rings. The van der Waals surface area contributed by atoms with Crippen LogP contribution in [-0.4, -0.2) is 56.2 Å². The molecule has 1 fully saturated rings. The van der Waals surface area contributed by atoms with Crippen molar-refractivity contribution in [3.05, 3.63) is 59.2 Å². The largest absolute Gasteiger partial charge is 0.465 e. The number of carbonyl (C=O) groups excluding carboxylic acids is 1. The molecule has 2 amide bonds. The number of carbonyl (C=O) groups is 2. The van der Waals surface area contributed by atoms with Gasteiger partial charge in [-0.1, -0.05) is 24.3 Å². The van der Waals surface area contributed by atoms with Gasteiger partial charge in [0.1, 0.15) is 0 Å². The van der Waals surface area contributed by atoms with Gasteiger partial charge in [-0.25, -0.2) is 9.78 Å². The molecule has 9 nitrogen and oxygen atoms in total. The number of hydrogen-bond acceptors (Lipinski definition) is 5. The molecule has 0 bridgehead atoms. The van der Waals surface area contributed by atoms with Gasteiger partial charge in [-0.15, -0.1) is 0 Å². The zero-order chi connectivity index (χ0) is 20.9. The van der Waals surface area contributed by atoms with Crippen LogP contribution in [0.1, 0.15) is 34.3 Å². The SMILES string of the molecule is O=C(O)Nc1nc2ccc(C3(O)c4ccccc4C(=O)N3CC3CCCN3)cc2[nH]1. The average molecular weight is 407 g/mol. The first-order valence-electron chi connectivity index (χ1n) is 9.84. The van der Waals surface area contributed by atoms with E-state index in [1.54, 1.807) is 42.5 Å². The van der Waals surface area contributed by atoms with Gasteiger partial charge in [0.25, 0.3) is 5.91 Å². The molecule has 3 aromatic rings. The van der Waals surface area contributed by atoms with Gasteiger partial charge in [-0.2, -0.15) is 0 Å². The number of rotatable bonds is 4. The first-order valence-corrected chi connectivity index (χ1v) is 9.84. The second kappa shape index (κ2) is 6.82. The van der Waals surface area contributed by atoms with E-state index in [1.165, 1.54) is 4.90 Å². The van der Waals surface area contributed by atoms with Crippen LogP contribution in [0.15, 0.2) is 42.5 Å². The van der Waals surface area contributed by atoms with Crippen LogP contribution in [0.2, 0.25) is 0 Å². The lowest BCUT2D eigenvalue weighted by Gasteiger charge is -2.36. The first kappa shape index (κ1) is 18.6. The van der Waals surface area contributed by atoms with Gasteiger partial charge < -0.3 is 25.4 Å². The number of fused-ring (bicyclic) bond motifs is 2. The van der Waals surface area contributed by atoms with Crippen LogP contribution in [0, 0.1) is 0 Å². The first-order chi connectivity index (χ1) is 14.5. The molecule has 5 rings (SSSR count). The van der Waals surface area contributed by atoms with Gasteiger partial charge in [0.05, 0.1) is 11.0 Å². The Bertz CT molecular complexity index is 1150. The topological polar surface area (TPSA) is 131 Å². The van der Waals surface area contributed by atoms with Gasteiger partial charge in [0.15, 0.2) is 5.72 Å². The van der Waals surface area contributed by atoms with Crippen LogP contribution in [0.25, 0.3) is 11.0 Å². The molecule has 2 atom stereocenters. The van der Waals surface area contributed by atoms with Crippen molar-refractivity contribution in [2.24, 2.45) is 0 Å². The average Bonchev–Trinajstić information content (AvgIpc) is 3.42. The Morgan fingerprint density at radius 2 is 2.13 bits per heavy atom. The van der Waals surface area contributed by atoms with E-state index < -0.39 is 11.8 Å². The standard InChI is InChI=1S/C21H21N5O4/c27-18-14-5-1-2-6-15(14)21(30,26(18)11-13-4-3-9-22-13)12-7-8-16-17(10-12)24-19(23-16)25-20(28)29/h1-2,5-8,10,13,22,30H,3-4,9,11H2,(H,28,29)(H2,23,24,25). The fourth-order valence-corrected chi connectivity index (χ4v) is 4.46. The summed E-state index contributed by atoms with van der Waals surface area (Å²) in [4.78, 5) is 32.7. The van der Waals surface area contributed by atoms with Crippen LogP contribution in [0.4, 0.5) is 10.7 Å². The van der Waals surface area contributed by atoms with Crippen LogP contribution in [0.5, 0.6) is 0 Å². The Labute approximate surface area is 171 Å². The second-order valence-corrected chi connectivity index (χ2v) is 7.67. The Hall–Kier alpha value is -3.43. The van der Waals surface area contributed by atoms with Gasteiger partial charge in [-0.05, 0) is 37.6 Å². The number of nitrogens with zero attached hydrogens (tertiary/aromatic N) is 2. The van der Waals surface area contributed by atoms with Crippen molar-refractivity contribution in [3.8, 4) is 0 Å². The number of benzene rings is 2. The number of nitrogens with one attached hydrogen (secondary N) is 3. The van der Waals surface area contributed by atoms with E-state index in [9.17, 15) is 14.7 Å². The highest BCUT2D eigenvalue weighted by molar-refractivity contribution is 6.00. The van der Waals surface area contributed by atoms with E-state index in [0.717, 1.165) is 19.4 Å². The molecule has 2 aliphatic heterocycles. The van der Waals surface area contributed by atoms with Gasteiger partial charge >= 0.3 is 6.09 Å². The van der Waals surface area contributed by atoms with Crippen molar-refractivity contribution < 1.29 is 19.8 Å². The monoisotopic (exact) mass is 407 g/mol. The summed E-state index contributed by atoms with van der Waals surface area (Å²) in [5, 5.41) is 26.4. The molecular formula is C21H21N5O4. The lowest BCUT2D eigenvalue weighted by atomic mass is 9.93. The molecule has 30 heavy (non-hydrogen) atoms. The summed E-state index contributed by atoms with van der Waals surface area (Å²) in [6.45, 7) is 1.29. The number of carboxylic acid groups (broad SMARTS) is 1. The number of aromatic amines is 1.